The highest BCUT2D eigenvalue weighted by Crippen LogP contribution is 2.71. The molecule has 2 atom stereocenters. The number of sulfone groups is 1. The van der Waals surface area contributed by atoms with E-state index < -0.39 is 33.0 Å². The van der Waals surface area contributed by atoms with Crippen LogP contribution in [0.2, 0.25) is 0 Å². The van der Waals surface area contributed by atoms with Crippen LogP contribution in [0.3, 0.4) is 0 Å². The first-order chi connectivity index (χ1) is 10.00. The summed E-state index contributed by atoms with van der Waals surface area (Å²) in [5, 5.41) is 2.30. The monoisotopic (exact) mass is 395 g/mol. The van der Waals surface area contributed by atoms with Crippen LogP contribution in [0.25, 0.3) is 0 Å². The number of rotatable bonds is 5. The summed E-state index contributed by atoms with van der Waals surface area (Å²) in [6.45, 7) is 1.03. The van der Waals surface area contributed by atoms with Gasteiger partial charge in [-0.05, 0) is 24.6 Å². The quantitative estimate of drug-likeness (QED) is 0.831. The Bertz CT molecular complexity index is 691. The maximum atomic E-state index is 14.2. The number of benzene rings is 1. The zero-order valence-corrected chi connectivity index (χ0v) is 14.5. The topological polar surface area (TPSA) is 63.2 Å². The maximum Gasteiger partial charge on any atom is 0.270 e. The van der Waals surface area contributed by atoms with Gasteiger partial charge in [0.2, 0.25) is 5.91 Å². The molecule has 0 heterocycles. The Labute approximate surface area is 136 Å². The minimum atomic E-state index is -3.25. The Kier molecular flexibility index (Phi) is 4.38. The lowest BCUT2D eigenvalue weighted by molar-refractivity contribution is -0.129. The average molecular weight is 396 g/mol. The zero-order chi connectivity index (χ0) is 16.8. The Hall–Kier alpha value is -1.02. The average Bonchev–Trinajstić information content (AvgIpc) is 2.84. The molecular weight excluding hydrogens is 380 g/mol. The normalized spacial score (nSPS) is 26.5. The predicted molar refractivity (Wildman–Crippen MR) is 82.7 cm³/mol. The SMILES string of the molecule is CC1(C(=O)NCCS(C)(=O)=O)C(c2ccc(Br)cc2)C1(F)F. The van der Waals surface area contributed by atoms with Crippen molar-refractivity contribution in [3.8, 4) is 0 Å². The van der Waals surface area contributed by atoms with Gasteiger partial charge < -0.3 is 5.32 Å². The molecule has 4 nitrogen and oxygen atoms in total. The Morgan fingerprint density at radius 2 is 1.86 bits per heavy atom. The van der Waals surface area contributed by atoms with Gasteiger partial charge >= 0.3 is 0 Å². The Balaban J connectivity index is 2.12. The minimum Gasteiger partial charge on any atom is -0.354 e. The highest BCUT2D eigenvalue weighted by Gasteiger charge is 2.82. The van der Waals surface area contributed by atoms with Gasteiger partial charge in [0.25, 0.3) is 5.92 Å². The van der Waals surface area contributed by atoms with Gasteiger partial charge in [-0.3, -0.25) is 4.79 Å². The zero-order valence-electron chi connectivity index (χ0n) is 12.1. The van der Waals surface area contributed by atoms with Crippen molar-refractivity contribution in [2.75, 3.05) is 18.6 Å². The van der Waals surface area contributed by atoms with Gasteiger partial charge in [-0.1, -0.05) is 28.1 Å². The molecule has 0 spiro atoms. The Morgan fingerprint density at radius 1 is 1.32 bits per heavy atom. The third-order valence-corrected chi connectivity index (χ3v) is 5.46. The van der Waals surface area contributed by atoms with Gasteiger partial charge in [0.05, 0.1) is 11.7 Å². The lowest BCUT2D eigenvalue weighted by Crippen LogP contribution is -2.36. The van der Waals surface area contributed by atoms with Crippen LogP contribution < -0.4 is 5.32 Å². The van der Waals surface area contributed by atoms with Crippen molar-refractivity contribution in [3.63, 3.8) is 0 Å². The van der Waals surface area contributed by atoms with Crippen molar-refractivity contribution in [2.45, 2.75) is 18.8 Å². The van der Waals surface area contributed by atoms with Crippen molar-refractivity contribution in [1.82, 2.24) is 5.32 Å². The third-order valence-electron chi connectivity index (χ3n) is 3.98. The third kappa shape index (κ3) is 3.03. The number of carbonyl (C=O) groups excluding carboxylic acids is 1. The van der Waals surface area contributed by atoms with Gasteiger partial charge in [0.15, 0.2) is 0 Å². The molecule has 1 aliphatic rings. The van der Waals surface area contributed by atoms with E-state index in [0.29, 0.717) is 5.56 Å². The number of nitrogens with one attached hydrogen (secondary N) is 1. The molecule has 1 aromatic carbocycles. The van der Waals surface area contributed by atoms with E-state index in [2.05, 4.69) is 21.2 Å². The van der Waals surface area contributed by atoms with E-state index in [1.54, 1.807) is 24.3 Å². The lowest BCUT2D eigenvalue weighted by atomic mass is 10.0. The Morgan fingerprint density at radius 3 is 2.36 bits per heavy atom. The number of amides is 1. The van der Waals surface area contributed by atoms with Crippen LogP contribution in [0.1, 0.15) is 18.4 Å². The van der Waals surface area contributed by atoms with E-state index in [9.17, 15) is 22.0 Å². The molecule has 1 aromatic rings. The number of halogens is 3. The summed E-state index contributed by atoms with van der Waals surface area (Å²) in [6.07, 6.45) is 1.03. The summed E-state index contributed by atoms with van der Waals surface area (Å²) in [6, 6.07) is 6.40. The van der Waals surface area contributed by atoms with E-state index in [1.807, 2.05) is 0 Å². The maximum absolute atomic E-state index is 14.2. The molecule has 2 unspecified atom stereocenters. The molecule has 1 N–H and O–H groups in total. The molecule has 0 saturated heterocycles. The van der Waals surface area contributed by atoms with Crippen molar-refractivity contribution >= 4 is 31.7 Å². The van der Waals surface area contributed by atoms with Crippen LogP contribution in [0, 0.1) is 5.41 Å². The van der Waals surface area contributed by atoms with Crippen LogP contribution in [0.5, 0.6) is 0 Å². The van der Waals surface area contributed by atoms with Gasteiger partial charge in [-0.25, -0.2) is 17.2 Å². The second-order valence-electron chi connectivity index (χ2n) is 5.70. The van der Waals surface area contributed by atoms with Crippen LogP contribution in [0.4, 0.5) is 8.78 Å². The highest BCUT2D eigenvalue weighted by atomic mass is 79.9. The van der Waals surface area contributed by atoms with Crippen molar-refractivity contribution in [1.29, 1.82) is 0 Å². The van der Waals surface area contributed by atoms with Crippen LogP contribution in [-0.4, -0.2) is 38.8 Å². The van der Waals surface area contributed by atoms with E-state index in [1.165, 1.54) is 6.92 Å². The number of alkyl halides is 2. The van der Waals surface area contributed by atoms with Gasteiger partial charge in [-0.2, -0.15) is 0 Å². The molecule has 22 heavy (non-hydrogen) atoms. The molecule has 1 saturated carbocycles. The molecule has 122 valence electrons. The largest absolute Gasteiger partial charge is 0.354 e. The molecule has 0 aliphatic heterocycles. The van der Waals surface area contributed by atoms with Crippen LogP contribution in [-0.2, 0) is 14.6 Å². The molecule has 8 heteroatoms. The lowest BCUT2D eigenvalue weighted by Gasteiger charge is -2.11. The first-order valence-corrected chi connectivity index (χ1v) is 9.45. The van der Waals surface area contributed by atoms with E-state index in [0.717, 1.165) is 10.7 Å². The second-order valence-corrected chi connectivity index (χ2v) is 8.87. The number of hydrogen-bond donors (Lipinski definition) is 1. The fourth-order valence-electron chi connectivity index (χ4n) is 2.54. The molecule has 1 aliphatic carbocycles. The summed E-state index contributed by atoms with van der Waals surface area (Å²) in [5.74, 6) is -5.46. The van der Waals surface area contributed by atoms with E-state index in [4.69, 9.17) is 0 Å². The van der Waals surface area contributed by atoms with Crippen molar-refractivity contribution < 1.29 is 22.0 Å². The fraction of sp³-hybridized carbons (Fsp3) is 0.500. The molecule has 2 rings (SSSR count). The number of hydrogen-bond acceptors (Lipinski definition) is 3. The smallest absolute Gasteiger partial charge is 0.270 e. The van der Waals surface area contributed by atoms with Gasteiger partial charge in [0.1, 0.15) is 15.3 Å². The van der Waals surface area contributed by atoms with Crippen LogP contribution >= 0.6 is 15.9 Å². The summed E-state index contributed by atoms with van der Waals surface area (Å²) < 4.78 is 51.1. The van der Waals surface area contributed by atoms with Crippen molar-refractivity contribution in [2.24, 2.45) is 5.41 Å². The predicted octanol–water partition coefficient (Wildman–Crippen LogP) is 2.35. The molecule has 0 bridgehead atoms. The molecule has 1 fully saturated rings. The second kappa shape index (κ2) is 5.56. The summed E-state index contributed by atoms with van der Waals surface area (Å²) >= 11 is 3.23. The first-order valence-electron chi connectivity index (χ1n) is 6.59. The van der Waals surface area contributed by atoms with Crippen molar-refractivity contribution in [3.05, 3.63) is 34.3 Å². The highest BCUT2D eigenvalue weighted by molar-refractivity contribution is 9.10. The number of carbonyl (C=O) groups is 1. The van der Waals surface area contributed by atoms with Crippen LogP contribution in [0.15, 0.2) is 28.7 Å². The van der Waals surface area contributed by atoms with Gasteiger partial charge in [-0.15, -0.1) is 0 Å². The van der Waals surface area contributed by atoms with E-state index in [-0.39, 0.29) is 12.3 Å². The molecule has 1 amide bonds. The standard InChI is InChI=1S/C14H16BrF2NO3S/c1-13(12(19)18-7-8-22(2,20)21)11(14(13,16)17)9-3-5-10(15)6-4-9/h3-6,11H,7-8H2,1-2H3,(H,18,19). The first kappa shape index (κ1) is 17.3. The summed E-state index contributed by atoms with van der Waals surface area (Å²) in [4.78, 5) is 12.1. The molecular formula is C14H16BrF2NO3S. The van der Waals surface area contributed by atoms with E-state index >= 15 is 0 Å². The molecule has 0 aromatic heterocycles. The molecule has 0 radical (unpaired) electrons. The summed E-state index contributed by atoms with van der Waals surface area (Å²) in [5.41, 5.74) is -1.47. The summed E-state index contributed by atoms with van der Waals surface area (Å²) in [7, 11) is -3.25. The van der Waals surface area contributed by atoms with Gasteiger partial charge in [0, 0.05) is 17.3 Å². The fourth-order valence-corrected chi connectivity index (χ4v) is 3.28. The minimum absolute atomic E-state index is 0.170.